The van der Waals surface area contributed by atoms with E-state index < -0.39 is 6.16 Å². The number of methoxy groups -OCH3 is 1. The summed E-state index contributed by atoms with van der Waals surface area (Å²) < 4.78 is 15.3. The average Bonchev–Trinajstić information content (AvgIpc) is 2.49. The first kappa shape index (κ1) is 18.3. The Bertz CT molecular complexity index is 501. The second-order valence-corrected chi connectivity index (χ2v) is 4.95. The van der Waals surface area contributed by atoms with Crippen LogP contribution in [0.3, 0.4) is 0 Å². The lowest BCUT2D eigenvalue weighted by Gasteiger charge is -2.26. The number of carbonyl (C=O) groups excluding carboxylic acids is 1. The van der Waals surface area contributed by atoms with Crippen LogP contribution in [0, 0.1) is 6.92 Å². The Morgan fingerprint density at radius 1 is 1.27 bits per heavy atom. The van der Waals surface area contributed by atoms with E-state index in [1.165, 1.54) is 12.7 Å². The van der Waals surface area contributed by atoms with Crippen molar-refractivity contribution in [1.82, 2.24) is 4.90 Å². The first-order chi connectivity index (χ1) is 10.2. The molecule has 5 nitrogen and oxygen atoms in total. The van der Waals surface area contributed by atoms with Gasteiger partial charge in [0.15, 0.2) is 0 Å². The molecule has 122 valence electrons. The summed E-state index contributed by atoms with van der Waals surface area (Å²) in [5, 5.41) is 0. The summed E-state index contributed by atoms with van der Waals surface area (Å²) in [7, 11) is 1.30. The molecule has 6 heteroatoms. The molecule has 0 N–H and O–H groups in total. The summed E-state index contributed by atoms with van der Waals surface area (Å²) in [4.78, 5) is 13.3. The maximum atomic E-state index is 11.1. The smallest absolute Gasteiger partial charge is 0.492 e. The van der Waals surface area contributed by atoms with Crippen molar-refractivity contribution in [1.29, 1.82) is 0 Å². The standard InChI is InChI=1S/C16H21NO4.ClH/c1-13-5-7-14(8-6-13)20-11-10-17-9-3-4-15(12-17)21-16(18)19-2;/h4-8H,3,9-12H2,1-2H3;1H. The van der Waals surface area contributed by atoms with Gasteiger partial charge < -0.3 is 14.2 Å². The number of hydrogen-bond donors (Lipinski definition) is 0. The van der Waals surface area contributed by atoms with E-state index in [1.807, 2.05) is 37.3 Å². The largest absolute Gasteiger partial charge is 0.513 e. The number of carbonyl (C=O) groups is 1. The fourth-order valence-corrected chi connectivity index (χ4v) is 2.11. The van der Waals surface area contributed by atoms with Crippen LogP contribution < -0.4 is 4.74 Å². The van der Waals surface area contributed by atoms with E-state index in [-0.39, 0.29) is 12.4 Å². The molecule has 22 heavy (non-hydrogen) atoms. The number of hydrogen-bond acceptors (Lipinski definition) is 5. The molecule has 0 saturated heterocycles. The molecule has 0 spiro atoms. The van der Waals surface area contributed by atoms with Gasteiger partial charge >= 0.3 is 6.16 Å². The van der Waals surface area contributed by atoms with Crippen molar-refractivity contribution in [2.75, 3.05) is 33.4 Å². The molecular formula is C16H22ClNO4. The van der Waals surface area contributed by atoms with Gasteiger partial charge in [-0.05, 0) is 31.6 Å². The number of nitrogens with zero attached hydrogens (tertiary/aromatic N) is 1. The van der Waals surface area contributed by atoms with Gasteiger partial charge in [0, 0.05) is 13.1 Å². The number of halogens is 1. The first-order valence-corrected chi connectivity index (χ1v) is 7.04. The highest BCUT2D eigenvalue weighted by molar-refractivity contribution is 5.85. The van der Waals surface area contributed by atoms with Crippen molar-refractivity contribution in [3.8, 4) is 5.75 Å². The van der Waals surface area contributed by atoms with Gasteiger partial charge in [-0.25, -0.2) is 4.79 Å². The molecule has 0 atom stereocenters. The summed E-state index contributed by atoms with van der Waals surface area (Å²) >= 11 is 0. The van der Waals surface area contributed by atoms with Crippen molar-refractivity contribution < 1.29 is 19.0 Å². The van der Waals surface area contributed by atoms with Crippen LogP contribution in [-0.4, -0.2) is 44.4 Å². The van der Waals surface area contributed by atoms with Crippen LogP contribution in [0.25, 0.3) is 0 Å². The van der Waals surface area contributed by atoms with Crippen LogP contribution >= 0.6 is 12.4 Å². The Kier molecular flexibility index (Phi) is 7.77. The third-order valence-electron chi connectivity index (χ3n) is 3.28. The molecule has 1 aliphatic rings. The summed E-state index contributed by atoms with van der Waals surface area (Å²) in [6.45, 7) is 4.98. The molecule has 1 aliphatic heterocycles. The molecule has 0 aromatic heterocycles. The molecular weight excluding hydrogens is 306 g/mol. The Hall–Kier alpha value is -1.72. The second-order valence-electron chi connectivity index (χ2n) is 4.95. The minimum Gasteiger partial charge on any atom is -0.492 e. The van der Waals surface area contributed by atoms with Crippen LogP contribution in [0.1, 0.15) is 12.0 Å². The highest BCUT2D eigenvalue weighted by atomic mass is 35.5. The minimum atomic E-state index is -0.668. The van der Waals surface area contributed by atoms with Gasteiger partial charge in [0.1, 0.15) is 18.1 Å². The fourth-order valence-electron chi connectivity index (χ4n) is 2.11. The predicted molar refractivity (Wildman–Crippen MR) is 86.6 cm³/mol. The van der Waals surface area contributed by atoms with Crippen LogP contribution in [-0.2, 0) is 9.47 Å². The minimum absolute atomic E-state index is 0. The van der Waals surface area contributed by atoms with E-state index in [1.54, 1.807) is 0 Å². The van der Waals surface area contributed by atoms with Crippen molar-refractivity contribution in [3.63, 3.8) is 0 Å². The molecule has 0 fully saturated rings. The molecule has 0 bridgehead atoms. The van der Waals surface area contributed by atoms with E-state index in [0.29, 0.717) is 18.9 Å². The van der Waals surface area contributed by atoms with Gasteiger partial charge in [-0.3, -0.25) is 4.90 Å². The fraction of sp³-hybridized carbons (Fsp3) is 0.438. The van der Waals surface area contributed by atoms with Crippen LogP contribution in [0.5, 0.6) is 5.75 Å². The number of rotatable bonds is 5. The van der Waals surface area contributed by atoms with Crippen LogP contribution in [0.15, 0.2) is 36.1 Å². The predicted octanol–water partition coefficient (Wildman–Crippen LogP) is 3.17. The third kappa shape index (κ3) is 5.95. The lowest BCUT2D eigenvalue weighted by Crippen LogP contribution is -2.34. The normalized spacial score (nSPS) is 14.5. The van der Waals surface area contributed by atoms with E-state index in [2.05, 4.69) is 9.64 Å². The zero-order valence-corrected chi connectivity index (χ0v) is 13.7. The van der Waals surface area contributed by atoms with Gasteiger partial charge in [0.2, 0.25) is 0 Å². The summed E-state index contributed by atoms with van der Waals surface area (Å²) in [5.74, 6) is 1.52. The summed E-state index contributed by atoms with van der Waals surface area (Å²) in [6.07, 6.45) is 2.12. The van der Waals surface area contributed by atoms with Crippen LogP contribution in [0.2, 0.25) is 0 Å². The Morgan fingerprint density at radius 3 is 2.68 bits per heavy atom. The Balaban J connectivity index is 0.00000242. The van der Waals surface area contributed by atoms with E-state index >= 15 is 0 Å². The van der Waals surface area contributed by atoms with Gasteiger partial charge in [-0.15, -0.1) is 12.4 Å². The molecule has 1 aromatic rings. The zero-order valence-electron chi connectivity index (χ0n) is 12.9. The molecule has 0 saturated carbocycles. The first-order valence-electron chi connectivity index (χ1n) is 7.04. The zero-order chi connectivity index (χ0) is 15.1. The molecule has 0 unspecified atom stereocenters. The maximum Gasteiger partial charge on any atom is 0.513 e. The van der Waals surface area contributed by atoms with Gasteiger partial charge in [0.25, 0.3) is 0 Å². The second kappa shape index (κ2) is 9.33. The Labute approximate surface area is 137 Å². The summed E-state index contributed by atoms with van der Waals surface area (Å²) in [5.41, 5.74) is 1.22. The van der Waals surface area contributed by atoms with Gasteiger partial charge in [0.05, 0.1) is 13.7 Å². The van der Waals surface area contributed by atoms with Crippen molar-refractivity contribution >= 4 is 18.6 Å². The molecule has 0 radical (unpaired) electrons. The maximum absolute atomic E-state index is 11.1. The highest BCUT2D eigenvalue weighted by Gasteiger charge is 2.16. The monoisotopic (exact) mass is 327 g/mol. The number of ether oxygens (including phenoxy) is 3. The van der Waals surface area contributed by atoms with Crippen LogP contribution in [0.4, 0.5) is 4.79 Å². The summed E-state index contributed by atoms with van der Waals surface area (Å²) in [6, 6.07) is 8.00. The molecule has 0 aliphatic carbocycles. The van der Waals surface area contributed by atoms with Gasteiger partial charge in [-0.2, -0.15) is 0 Å². The van der Waals surface area contributed by atoms with E-state index in [4.69, 9.17) is 9.47 Å². The van der Waals surface area contributed by atoms with Crippen molar-refractivity contribution in [2.24, 2.45) is 0 Å². The van der Waals surface area contributed by atoms with Gasteiger partial charge in [-0.1, -0.05) is 17.7 Å². The van der Waals surface area contributed by atoms with Crippen molar-refractivity contribution in [2.45, 2.75) is 13.3 Å². The molecule has 0 amide bonds. The number of aryl methyl sites for hydroxylation is 1. The SMILES string of the molecule is COC(=O)OC1=CCCN(CCOc2ccc(C)cc2)C1.Cl. The molecule has 1 heterocycles. The lowest BCUT2D eigenvalue weighted by molar-refractivity contribution is 0.0859. The van der Waals surface area contributed by atoms with Crippen molar-refractivity contribution in [3.05, 3.63) is 41.7 Å². The van der Waals surface area contributed by atoms with E-state index in [0.717, 1.165) is 25.3 Å². The molecule has 2 rings (SSSR count). The average molecular weight is 328 g/mol. The lowest BCUT2D eigenvalue weighted by atomic mass is 10.2. The molecule has 1 aromatic carbocycles. The Morgan fingerprint density at radius 2 is 2.00 bits per heavy atom. The van der Waals surface area contributed by atoms with E-state index in [9.17, 15) is 4.79 Å². The third-order valence-corrected chi connectivity index (χ3v) is 3.28. The number of benzene rings is 1. The topological polar surface area (TPSA) is 48.0 Å². The highest BCUT2D eigenvalue weighted by Crippen LogP contribution is 2.13. The quantitative estimate of drug-likeness (QED) is 0.777.